The predicted molar refractivity (Wildman–Crippen MR) is 200 cm³/mol. The number of aromatic amines is 1. The molecule has 12 nitrogen and oxygen atoms in total. The number of H-pyrrole nitrogens is 1. The summed E-state index contributed by atoms with van der Waals surface area (Å²) in [5, 5.41) is 21.8. The lowest BCUT2D eigenvalue weighted by molar-refractivity contribution is -0.136. The molecule has 2 bridgehead atoms. The minimum atomic E-state index is -0.321. The Balaban J connectivity index is 1.33. The fourth-order valence-electron chi connectivity index (χ4n) is 7.23. The van der Waals surface area contributed by atoms with Gasteiger partial charge in [-0.2, -0.15) is 5.10 Å². The van der Waals surface area contributed by atoms with Gasteiger partial charge in [0.1, 0.15) is 5.69 Å². The predicted octanol–water partition coefficient (Wildman–Crippen LogP) is 4.58. The van der Waals surface area contributed by atoms with Crippen LogP contribution in [0.4, 0.5) is 0 Å². The number of amides is 4. The van der Waals surface area contributed by atoms with E-state index in [0.29, 0.717) is 61.0 Å². The van der Waals surface area contributed by atoms with E-state index < -0.39 is 0 Å². The molecule has 0 saturated carbocycles. The van der Waals surface area contributed by atoms with Crippen molar-refractivity contribution in [1.82, 2.24) is 35.2 Å². The van der Waals surface area contributed by atoms with Gasteiger partial charge in [-0.3, -0.25) is 23.9 Å². The van der Waals surface area contributed by atoms with Crippen LogP contribution in [0.2, 0.25) is 5.02 Å². The molecular weight excluding hydrogens is 682 g/mol. The van der Waals surface area contributed by atoms with E-state index in [2.05, 4.69) is 29.5 Å². The summed E-state index contributed by atoms with van der Waals surface area (Å²) >= 11 is 6.41. The number of benzene rings is 2. The molecule has 2 aromatic heterocycles. The quantitative estimate of drug-likeness (QED) is 0.208. The van der Waals surface area contributed by atoms with Crippen molar-refractivity contribution < 1.29 is 24.3 Å². The molecule has 0 saturated heterocycles. The number of fused-ring (bicyclic) bond motifs is 2. The van der Waals surface area contributed by atoms with Crippen molar-refractivity contribution in [2.24, 2.45) is 5.92 Å². The van der Waals surface area contributed by atoms with Crippen molar-refractivity contribution >= 4 is 46.1 Å². The number of aryl methyl sites for hydroxylation is 1. The van der Waals surface area contributed by atoms with E-state index in [0.717, 1.165) is 39.7 Å². The third-order valence-electron chi connectivity index (χ3n) is 9.93. The number of aromatic nitrogens is 3. The van der Waals surface area contributed by atoms with E-state index in [1.807, 2.05) is 47.1 Å². The highest BCUT2D eigenvalue weighted by molar-refractivity contribution is 6.31. The molecule has 3 heterocycles. The number of halogens is 1. The van der Waals surface area contributed by atoms with Gasteiger partial charge >= 0.3 is 0 Å². The molecule has 4 N–H and O–H groups in total. The molecule has 13 heteroatoms. The molecule has 52 heavy (non-hydrogen) atoms. The third-order valence-corrected chi connectivity index (χ3v) is 10.2. The fraction of sp³-hybridized carbons (Fsp3) is 0.462. The summed E-state index contributed by atoms with van der Waals surface area (Å²) in [6, 6.07) is 14.9. The number of aliphatic hydroxyl groups is 1. The average molecular weight is 730 g/mol. The minimum absolute atomic E-state index is 0.103. The maximum absolute atomic E-state index is 14.5. The van der Waals surface area contributed by atoms with Crippen molar-refractivity contribution in [2.75, 3.05) is 39.3 Å². The zero-order valence-corrected chi connectivity index (χ0v) is 30.7. The van der Waals surface area contributed by atoms with Crippen molar-refractivity contribution in [3.8, 4) is 11.1 Å². The van der Waals surface area contributed by atoms with Crippen LogP contribution >= 0.6 is 11.6 Å². The van der Waals surface area contributed by atoms with Crippen LogP contribution in [-0.4, -0.2) is 98.7 Å². The standard InChI is InChI=1S/C39H48ClN7O5/c1-25(2)15-19-47-32-14-12-28-23-30(32)36(44-47)38(51)41-16-20-45(17-6-10-34(50)46(18-7-21-48)24-33(49)42-28)39(52)37-35(26-8-4-3-5-9-26)29-22-27(40)11-13-31(29)43-37/h3-5,8-9,11,13,22,25,28,43,48H,6-7,10,12,14-21,23-24H2,1-2H3,(H,41,51)(H,42,49). The molecular formula is C39H48ClN7O5. The zero-order valence-electron chi connectivity index (χ0n) is 29.9. The van der Waals surface area contributed by atoms with Crippen molar-refractivity contribution in [2.45, 2.75) is 71.4 Å². The van der Waals surface area contributed by atoms with E-state index in [-0.39, 0.29) is 75.4 Å². The van der Waals surface area contributed by atoms with Gasteiger partial charge in [-0.1, -0.05) is 55.8 Å². The van der Waals surface area contributed by atoms with Crippen molar-refractivity contribution in [1.29, 1.82) is 0 Å². The molecule has 6 rings (SSSR count). The summed E-state index contributed by atoms with van der Waals surface area (Å²) < 4.78 is 1.94. The number of rotatable bonds is 8. The Morgan fingerprint density at radius 1 is 1.06 bits per heavy atom. The van der Waals surface area contributed by atoms with Crippen LogP contribution in [0.3, 0.4) is 0 Å². The Kier molecular flexibility index (Phi) is 12.0. The van der Waals surface area contributed by atoms with E-state index in [4.69, 9.17) is 16.7 Å². The second-order valence-corrected chi connectivity index (χ2v) is 14.6. The Morgan fingerprint density at radius 2 is 1.87 bits per heavy atom. The van der Waals surface area contributed by atoms with E-state index >= 15 is 0 Å². The lowest BCUT2D eigenvalue weighted by Crippen LogP contribution is -2.46. The minimum Gasteiger partial charge on any atom is -0.396 e. The first kappa shape index (κ1) is 37.1. The van der Waals surface area contributed by atoms with Gasteiger partial charge < -0.3 is 30.5 Å². The highest BCUT2D eigenvalue weighted by Gasteiger charge is 2.31. The molecule has 1 atom stereocenters. The average Bonchev–Trinajstić information content (AvgIpc) is 3.69. The molecule has 276 valence electrons. The number of hydrogen-bond acceptors (Lipinski definition) is 6. The number of nitrogens with zero attached hydrogens (tertiary/aromatic N) is 4. The van der Waals surface area contributed by atoms with Gasteiger partial charge in [0.05, 0.1) is 6.54 Å². The Labute approximate surface area is 308 Å². The molecule has 1 unspecified atom stereocenters. The van der Waals surface area contributed by atoms with Gasteiger partial charge in [-0.05, 0) is 68.2 Å². The smallest absolute Gasteiger partial charge is 0.272 e. The van der Waals surface area contributed by atoms with Crippen LogP contribution in [0.15, 0.2) is 48.5 Å². The van der Waals surface area contributed by atoms with E-state index in [1.54, 1.807) is 11.0 Å². The van der Waals surface area contributed by atoms with Gasteiger partial charge in [0.2, 0.25) is 11.8 Å². The first-order valence-electron chi connectivity index (χ1n) is 18.3. The molecule has 0 radical (unpaired) electrons. The Morgan fingerprint density at radius 3 is 2.63 bits per heavy atom. The largest absolute Gasteiger partial charge is 0.396 e. The number of aliphatic hydroxyl groups excluding tert-OH is 1. The second-order valence-electron chi connectivity index (χ2n) is 14.2. The number of carbonyl (C=O) groups excluding carboxylic acids is 4. The summed E-state index contributed by atoms with van der Waals surface area (Å²) in [5.41, 5.74) is 4.90. The lowest BCUT2D eigenvalue weighted by atomic mass is 9.91. The van der Waals surface area contributed by atoms with Gasteiger partial charge in [0, 0.05) is 84.5 Å². The highest BCUT2D eigenvalue weighted by atomic mass is 35.5. The molecule has 4 amide bonds. The van der Waals surface area contributed by atoms with Gasteiger partial charge in [-0.15, -0.1) is 0 Å². The highest BCUT2D eigenvalue weighted by Crippen LogP contribution is 2.35. The van der Waals surface area contributed by atoms with Gasteiger partial charge in [0.15, 0.2) is 5.69 Å². The molecule has 1 aliphatic heterocycles. The number of hydrogen-bond donors (Lipinski definition) is 4. The van der Waals surface area contributed by atoms with Crippen molar-refractivity contribution in [3.05, 3.63) is 76.2 Å². The van der Waals surface area contributed by atoms with Gasteiger partial charge in [0.25, 0.3) is 11.8 Å². The molecule has 2 aliphatic rings. The Hall–Kier alpha value is -4.68. The van der Waals surface area contributed by atoms with E-state index in [9.17, 15) is 24.3 Å². The van der Waals surface area contributed by atoms with Crippen LogP contribution in [0.1, 0.15) is 78.2 Å². The summed E-state index contributed by atoms with van der Waals surface area (Å²) in [6.07, 6.45) is 3.50. The first-order valence-corrected chi connectivity index (χ1v) is 18.7. The third kappa shape index (κ3) is 8.50. The lowest BCUT2D eigenvalue weighted by Gasteiger charge is -2.27. The van der Waals surface area contributed by atoms with Crippen LogP contribution in [-0.2, 0) is 29.0 Å². The van der Waals surface area contributed by atoms with Crippen LogP contribution in [0.5, 0.6) is 0 Å². The number of nitrogens with one attached hydrogen (secondary N) is 3. The SMILES string of the molecule is CC(C)CCn1nc2c3c1CCC(C3)NC(=O)CN(CCCO)C(=O)CCCN(C(=O)c1[nH]c3ccc(Cl)cc3c1-c1ccccc1)CCNC2=O. The molecule has 2 aromatic carbocycles. The monoisotopic (exact) mass is 729 g/mol. The molecule has 0 spiro atoms. The summed E-state index contributed by atoms with van der Waals surface area (Å²) in [5.74, 6) is -0.646. The summed E-state index contributed by atoms with van der Waals surface area (Å²) in [6.45, 7) is 5.58. The van der Waals surface area contributed by atoms with Crippen LogP contribution < -0.4 is 10.6 Å². The summed E-state index contributed by atoms with van der Waals surface area (Å²) in [7, 11) is 0. The number of carbonyl (C=O) groups is 4. The summed E-state index contributed by atoms with van der Waals surface area (Å²) in [4.78, 5) is 61.6. The molecule has 4 aromatic rings. The van der Waals surface area contributed by atoms with Crippen molar-refractivity contribution in [3.63, 3.8) is 0 Å². The second kappa shape index (κ2) is 16.8. The normalized spacial score (nSPS) is 17.7. The van der Waals surface area contributed by atoms with Crippen LogP contribution in [0.25, 0.3) is 22.0 Å². The molecule has 0 fully saturated rings. The fourth-order valence-corrected chi connectivity index (χ4v) is 7.40. The maximum atomic E-state index is 14.5. The van der Waals surface area contributed by atoms with E-state index in [1.165, 1.54) is 4.90 Å². The maximum Gasteiger partial charge on any atom is 0.272 e. The Bertz CT molecular complexity index is 1920. The molecule has 1 aliphatic carbocycles. The van der Waals surface area contributed by atoms with Crippen LogP contribution in [0, 0.1) is 5.92 Å². The first-order chi connectivity index (χ1) is 25.1. The van der Waals surface area contributed by atoms with Gasteiger partial charge in [-0.25, -0.2) is 0 Å². The zero-order chi connectivity index (χ0) is 36.8. The topological polar surface area (TPSA) is 153 Å².